The third-order valence-corrected chi connectivity index (χ3v) is 3.31. The van der Waals surface area contributed by atoms with E-state index in [0.717, 1.165) is 6.08 Å². The highest BCUT2D eigenvalue weighted by atomic mass is 16.6. The lowest BCUT2D eigenvalue weighted by molar-refractivity contribution is -0.138. The Morgan fingerprint density at radius 2 is 2.00 bits per heavy atom. The minimum Gasteiger partial charge on any atom is -0.494 e. The molecule has 5 nitrogen and oxygen atoms in total. The summed E-state index contributed by atoms with van der Waals surface area (Å²) in [5, 5.41) is 10.6. The molecule has 120 valence electrons. The van der Waals surface area contributed by atoms with Crippen LogP contribution in [0.2, 0.25) is 0 Å². The van der Waals surface area contributed by atoms with E-state index in [1.54, 1.807) is 42.5 Å². The number of rotatable bonds is 7. The Hall–Kier alpha value is -2.66. The van der Waals surface area contributed by atoms with Crippen molar-refractivity contribution in [3.05, 3.63) is 72.5 Å². The largest absolute Gasteiger partial charge is 0.494 e. The highest BCUT2D eigenvalue weighted by Crippen LogP contribution is 2.27. The van der Waals surface area contributed by atoms with Gasteiger partial charge in [0.1, 0.15) is 13.2 Å². The molecule has 1 unspecified atom stereocenters. The average molecular weight is 314 g/mol. The van der Waals surface area contributed by atoms with Crippen molar-refractivity contribution in [2.75, 3.05) is 13.2 Å². The van der Waals surface area contributed by atoms with Crippen LogP contribution in [0.15, 0.2) is 67.0 Å². The lowest BCUT2D eigenvalue weighted by atomic mass is 9.86. The van der Waals surface area contributed by atoms with Crippen LogP contribution >= 0.6 is 0 Å². The van der Waals surface area contributed by atoms with Crippen LogP contribution < -0.4 is 0 Å². The van der Waals surface area contributed by atoms with Crippen LogP contribution in [-0.2, 0) is 14.3 Å². The zero-order valence-electron chi connectivity index (χ0n) is 12.6. The van der Waals surface area contributed by atoms with E-state index in [4.69, 9.17) is 9.47 Å². The number of benzene rings is 1. The summed E-state index contributed by atoms with van der Waals surface area (Å²) in [5.74, 6) is -0.461. The standard InChI is InChI=1S/C18H18O5/c1-2-16(19)23-12-11-22-15-9-6-10-18(21,13-15)17(20)14-7-4-3-5-8-14/h2-10,21H,1,11-13H2. The quantitative estimate of drug-likeness (QED) is 0.361. The van der Waals surface area contributed by atoms with Crippen LogP contribution in [0.3, 0.4) is 0 Å². The number of Topliss-reactive ketones (excluding diaryl/α,β-unsaturated/α-hetero) is 1. The molecular weight excluding hydrogens is 296 g/mol. The summed E-state index contributed by atoms with van der Waals surface area (Å²) in [5.41, 5.74) is -1.20. The summed E-state index contributed by atoms with van der Waals surface area (Å²) in [4.78, 5) is 23.4. The number of ether oxygens (including phenoxy) is 2. The van der Waals surface area contributed by atoms with Gasteiger partial charge in [-0.3, -0.25) is 4.79 Å². The van der Waals surface area contributed by atoms with Gasteiger partial charge in [-0.2, -0.15) is 0 Å². The van der Waals surface area contributed by atoms with Gasteiger partial charge < -0.3 is 14.6 Å². The highest BCUT2D eigenvalue weighted by molar-refractivity contribution is 6.04. The highest BCUT2D eigenvalue weighted by Gasteiger charge is 2.36. The molecule has 0 amide bonds. The van der Waals surface area contributed by atoms with Crippen LogP contribution in [0, 0.1) is 0 Å². The SMILES string of the molecule is C=CC(=O)OCCOC1=CC=CC(O)(C(=O)c2ccccc2)C1. The van der Waals surface area contributed by atoms with Gasteiger partial charge in [0.25, 0.3) is 0 Å². The maximum absolute atomic E-state index is 12.5. The lowest BCUT2D eigenvalue weighted by Gasteiger charge is -2.27. The summed E-state index contributed by atoms with van der Waals surface area (Å²) in [6, 6.07) is 8.59. The second-order valence-corrected chi connectivity index (χ2v) is 5.01. The maximum atomic E-state index is 12.5. The van der Waals surface area contributed by atoms with Crippen LogP contribution in [0.5, 0.6) is 0 Å². The fourth-order valence-corrected chi connectivity index (χ4v) is 2.17. The van der Waals surface area contributed by atoms with Crippen LogP contribution in [-0.4, -0.2) is 35.7 Å². The monoisotopic (exact) mass is 314 g/mol. The molecule has 0 aromatic heterocycles. The minimum absolute atomic E-state index is 0.0344. The zero-order valence-corrected chi connectivity index (χ0v) is 12.6. The van der Waals surface area contributed by atoms with Gasteiger partial charge in [0.15, 0.2) is 11.4 Å². The van der Waals surface area contributed by atoms with Gasteiger partial charge in [0, 0.05) is 18.1 Å². The van der Waals surface area contributed by atoms with Crippen molar-refractivity contribution in [2.24, 2.45) is 0 Å². The van der Waals surface area contributed by atoms with E-state index in [-0.39, 0.29) is 25.4 Å². The molecule has 0 saturated heterocycles. The van der Waals surface area contributed by atoms with Gasteiger partial charge in [-0.05, 0) is 12.2 Å². The first-order chi connectivity index (χ1) is 11.0. The number of aliphatic hydroxyl groups is 1. The molecule has 0 fully saturated rings. The van der Waals surface area contributed by atoms with Crippen LogP contribution in [0.4, 0.5) is 0 Å². The molecule has 1 aliphatic rings. The van der Waals surface area contributed by atoms with E-state index in [0.29, 0.717) is 11.3 Å². The fraction of sp³-hybridized carbons (Fsp3) is 0.222. The number of esters is 1. The molecule has 1 aromatic rings. The first-order valence-electron chi connectivity index (χ1n) is 7.18. The van der Waals surface area contributed by atoms with Gasteiger partial charge in [-0.15, -0.1) is 0 Å². The van der Waals surface area contributed by atoms with Gasteiger partial charge in [-0.25, -0.2) is 4.79 Å². The lowest BCUT2D eigenvalue weighted by Crippen LogP contribution is -2.38. The van der Waals surface area contributed by atoms with Crippen molar-refractivity contribution in [2.45, 2.75) is 12.0 Å². The van der Waals surface area contributed by atoms with Crippen molar-refractivity contribution >= 4 is 11.8 Å². The first kappa shape index (κ1) is 16.7. The van der Waals surface area contributed by atoms with Gasteiger partial charge in [-0.1, -0.05) is 43.0 Å². The summed E-state index contributed by atoms with van der Waals surface area (Å²) in [6.45, 7) is 3.49. The third-order valence-electron chi connectivity index (χ3n) is 3.31. The molecule has 0 bridgehead atoms. The van der Waals surface area contributed by atoms with Crippen LogP contribution in [0.1, 0.15) is 16.8 Å². The molecule has 1 atom stereocenters. The summed E-state index contributed by atoms with van der Waals surface area (Å²) in [7, 11) is 0. The Morgan fingerprint density at radius 3 is 2.70 bits per heavy atom. The molecule has 2 rings (SSSR count). The van der Waals surface area contributed by atoms with E-state index in [1.165, 1.54) is 6.08 Å². The molecule has 1 N–H and O–H groups in total. The molecule has 5 heteroatoms. The minimum atomic E-state index is -1.64. The van der Waals surface area contributed by atoms with Gasteiger partial charge >= 0.3 is 5.97 Å². The molecule has 1 aliphatic carbocycles. The molecule has 0 saturated carbocycles. The smallest absolute Gasteiger partial charge is 0.330 e. The Kier molecular flexibility index (Phi) is 5.49. The number of allylic oxidation sites excluding steroid dienone is 2. The normalized spacial score (nSPS) is 19.6. The molecule has 0 spiro atoms. The molecule has 23 heavy (non-hydrogen) atoms. The zero-order chi connectivity index (χ0) is 16.7. The molecule has 0 heterocycles. The Labute approximate surface area is 134 Å². The summed E-state index contributed by atoms with van der Waals surface area (Å²) in [6.07, 6.45) is 5.80. The molecule has 0 aliphatic heterocycles. The fourth-order valence-electron chi connectivity index (χ4n) is 2.17. The predicted molar refractivity (Wildman–Crippen MR) is 84.7 cm³/mol. The third kappa shape index (κ3) is 4.40. The number of hydrogen-bond acceptors (Lipinski definition) is 5. The maximum Gasteiger partial charge on any atom is 0.330 e. The van der Waals surface area contributed by atoms with E-state index in [2.05, 4.69) is 6.58 Å². The van der Waals surface area contributed by atoms with Crippen molar-refractivity contribution in [1.82, 2.24) is 0 Å². The molecular formula is C18H18O5. The molecule has 1 aromatic carbocycles. The van der Waals surface area contributed by atoms with Gasteiger partial charge in [0.2, 0.25) is 0 Å². The van der Waals surface area contributed by atoms with Crippen molar-refractivity contribution in [3.63, 3.8) is 0 Å². The summed E-state index contributed by atoms with van der Waals surface area (Å²) >= 11 is 0. The molecule has 0 radical (unpaired) electrons. The van der Waals surface area contributed by atoms with Crippen molar-refractivity contribution in [3.8, 4) is 0 Å². The van der Waals surface area contributed by atoms with Crippen molar-refractivity contribution < 1.29 is 24.2 Å². The number of carbonyl (C=O) groups excluding carboxylic acids is 2. The summed E-state index contributed by atoms with van der Waals surface area (Å²) < 4.78 is 10.2. The first-order valence-corrected chi connectivity index (χ1v) is 7.18. The second-order valence-electron chi connectivity index (χ2n) is 5.01. The second kappa shape index (κ2) is 7.56. The van der Waals surface area contributed by atoms with E-state index >= 15 is 0 Å². The van der Waals surface area contributed by atoms with E-state index in [9.17, 15) is 14.7 Å². The number of hydrogen-bond donors (Lipinski definition) is 1. The average Bonchev–Trinajstić information content (AvgIpc) is 2.58. The Bertz CT molecular complexity index is 645. The topological polar surface area (TPSA) is 72.8 Å². The van der Waals surface area contributed by atoms with Gasteiger partial charge in [0.05, 0.1) is 5.76 Å². The van der Waals surface area contributed by atoms with E-state index in [1.807, 2.05) is 0 Å². The van der Waals surface area contributed by atoms with Crippen molar-refractivity contribution in [1.29, 1.82) is 0 Å². The van der Waals surface area contributed by atoms with Crippen LogP contribution in [0.25, 0.3) is 0 Å². The Balaban J connectivity index is 1.93. The number of ketones is 1. The number of carbonyl (C=O) groups is 2. The van der Waals surface area contributed by atoms with E-state index < -0.39 is 11.6 Å². The predicted octanol–water partition coefficient (Wildman–Crippen LogP) is 2.19. The Morgan fingerprint density at radius 1 is 1.26 bits per heavy atom.